The van der Waals surface area contributed by atoms with E-state index >= 15 is 0 Å². The summed E-state index contributed by atoms with van der Waals surface area (Å²) in [5.41, 5.74) is 0. The Labute approximate surface area is 142 Å². The van der Waals surface area contributed by atoms with Gasteiger partial charge in [-0.1, -0.05) is 12.1 Å². The van der Waals surface area contributed by atoms with Crippen LogP contribution in [0.4, 0.5) is 0 Å². The van der Waals surface area contributed by atoms with Crippen LogP contribution in [0.3, 0.4) is 0 Å². The quantitative estimate of drug-likeness (QED) is 0.875. The zero-order valence-corrected chi connectivity index (χ0v) is 14.3. The van der Waals surface area contributed by atoms with Gasteiger partial charge in [0.25, 0.3) is 0 Å². The predicted octanol–water partition coefficient (Wildman–Crippen LogP) is 2.11. The summed E-state index contributed by atoms with van der Waals surface area (Å²) >= 11 is 0. The van der Waals surface area contributed by atoms with Crippen LogP contribution in [0.1, 0.15) is 12.8 Å². The number of nitrogens with one attached hydrogen (secondary N) is 2. The van der Waals surface area contributed by atoms with Crippen LogP contribution in [0.15, 0.2) is 41.6 Å². The fourth-order valence-corrected chi connectivity index (χ4v) is 4.06. The number of hydrogen-bond donors (Lipinski definition) is 2. The Balaban J connectivity index is 0.00000121. The molecule has 1 aromatic carbocycles. The molecule has 0 radical (unpaired) electrons. The highest BCUT2D eigenvalue weighted by molar-refractivity contribution is 7.89. The van der Waals surface area contributed by atoms with Crippen molar-refractivity contribution in [3.05, 3.63) is 36.7 Å². The topological polar surface area (TPSA) is 71.1 Å². The molecule has 2 aromatic rings. The van der Waals surface area contributed by atoms with E-state index in [0.29, 0.717) is 16.8 Å². The van der Waals surface area contributed by atoms with Crippen LogP contribution >= 0.6 is 24.8 Å². The monoisotopic (exact) mass is 363 g/mol. The van der Waals surface area contributed by atoms with Gasteiger partial charge in [0.05, 0.1) is 4.90 Å². The molecule has 1 saturated heterocycles. The van der Waals surface area contributed by atoms with Crippen molar-refractivity contribution >= 4 is 45.6 Å². The van der Waals surface area contributed by atoms with Crippen molar-refractivity contribution in [2.75, 3.05) is 13.1 Å². The van der Waals surface area contributed by atoms with Crippen LogP contribution in [0.25, 0.3) is 10.8 Å². The van der Waals surface area contributed by atoms with Crippen LogP contribution in [0, 0.1) is 0 Å². The first-order chi connectivity index (χ1) is 9.67. The number of halogens is 2. The second kappa shape index (κ2) is 8.08. The molecule has 2 heterocycles. The summed E-state index contributed by atoms with van der Waals surface area (Å²) in [6.45, 7) is 1.64. The van der Waals surface area contributed by atoms with Gasteiger partial charge in [-0.15, -0.1) is 24.8 Å². The molecule has 1 atom stereocenters. The zero-order chi connectivity index (χ0) is 14.0. The van der Waals surface area contributed by atoms with E-state index in [2.05, 4.69) is 15.0 Å². The summed E-state index contributed by atoms with van der Waals surface area (Å²) in [5, 5.41) is 4.75. The Bertz CT molecular complexity index is 714. The van der Waals surface area contributed by atoms with E-state index in [0.717, 1.165) is 24.8 Å². The summed E-state index contributed by atoms with van der Waals surface area (Å²) in [7, 11) is -3.50. The molecule has 8 heteroatoms. The van der Waals surface area contributed by atoms with Gasteiger partial charge < -0.3 is 5.32 Å². The molecule has 1 aliphatic rings. The van der Waals surface area contributed by atoms with Crippen LogP contribution in [-0.2, 0) is 10.0 Å². The van der Waals surface area contributed by atoms with E-state index in [-0.39, 0.29) is 30.9 Å². The molecule has 0 bridgehead atoms. The number of piperidine rings is 1. The lowest BCUT2D eigenvalue weighted by Crippen LogP contribution is -2.45. The van der Waals surface area contributed by atoms with Gasteiger partial charge in [-0.3, -0.25) is 4.98 Å². The molecular formula is C14H19Cl2N3O2S. The summed E-state index contributed by atoms with van der Waals surface area (Å²) < 4.78 is 27.9. The van der Waals surface area contributed by atoms with Crippen LogP contribution in [0.2, 0.25) is 0 Å². The van der Waals surface area contributed by atoms with Gasteiger partial charge in [0, 0.05) is 35.8 Å². The average Bonchev–Trinajstić information content (AvgIpc) is 2.47. The van der Waals surface area contributed by atoms with Gasteiger partial charge in [-0.25, -0.2) is 13.1 Å². The van der Waals surface area contributed by atoms with E-state index in [9.17, 15) is 8.42 Å². The molecule has 22 heavy (non-hydrogen) atoms. The highest BCUT2D eigenvalue weighted by atomic mass is 35.5. The maximum Gasteiger partial charge on any atom is 0.241 e. The first-order valence-corrected chi connectivity index (χ1v) is 8.21. The Hall–Kier alpha value is -0.920. The zero-order valence-electron chi connectivity index (χ0n) is 11.9. The standard InChI is InChI=1S/C14H17N3O2S.2ClH/c18-20(19,17-12-4-2-7-15-10-12)14-5-1-3-11-9-16-8-6-13(11)14;;/h1,3,5-6,8-9,12,15,17H,2,4,7,10H2;2*1H. The minimum absolute atomic E-state index is 0. The number of benzene rings is 1. The van der Waals surface area contributed by atoms with Gasteiger partial charge in [0.15, 0.2) is 0 Å². The molecule has 1 unspecified atom stereocenters. The fraction of sp³-hybridized carbons (Fsp3) is 0.357. The lowest BCUT2D eigenvalue weighted by atomic mass is 10.1. The molecule has 0 saturated carbocycles. The Kier molecular flexibility index (Phi) is 7.02. The smallest absolute Gasteiger partial charge is 0.241 e. The largest absolute Gasteiger partial charge is 0.315 e. The van der Waals surface area contributed by atoms with E-state index in [4.69, 9.17) is 0 Å². The van der Waals surface area contributed by atoms with Crippen LogP contribution in [-0.4, -0.2) is 32.5 Å². The average molecular weight is 364 g/mol. The SMILES string of the molecule is Cl.Cl.O=S(=O)(NC1CCCNC1)c1cccc2cnccc12. The molecule has 2 N–H and O–H groups in total. The summed E-state index contributed by atoms with van der Waals surface area (Å²) in [5.74, 6) is 0. The van der Waals surface area contributed by atoms with Crippen LogP contribution in [0.5, 0.6) is 0 Å². The molecule has 1 aromatic heterocycles. The summed E-state index contributed by atoms with van der Waals surface area (Å²) in [6, 6.07) is 6.95. The normalized spacial score (nSPS) is 18.3. The number of nitrogens with zero attached hydrogens (tertiary/aromatic N) is 1. The predicted molar refractivity (Wildman–Crippen MR) is 92.5 cm³/mol. The first-order valence-electron chi connectivity index (χ1n) is 6.72. The van der Waals surface area contributed by atoms with Crippen molar-refractivity contribution in [1.82, 2.24) is 15.0 Å². The maximum atomic E-state index is 12.6. The maximum absolute atomic E-state index is 12.6. The highest BCUT2D eigenvalue weighted by Crippen LogP contribution is 2.22. The number of aromatic nitrogens is 1. The van der Waals surface area contributed by atoms with E-state index in [1.54, 1.807) is 30.6 Å². The van der Waals surface area contributed by atoms with E-state index in [1.165, 1.54) is 0 Å². The van der Waals surface area contributed by atoms with Gasteiger partial charge in [0.2, 0.25) is 10.0 Å². The molecule has 0 aliphatic carbocycles. The van der Waals surface area contributed by atoms with Crippen molar-refractivity contribution in [2.45, 2.75) is 23.8 Å². The van der Waals surface area contributed by atoms with E-state index < -0.39 is 10.0 Å². The molecule has 0 spiro atoms. The molecule has 5 nitrogen and oxygen atoms in total. The molecule has 1 aliphatic heterocycles. The van der Waals surface area contributed by atoms with Crippen molar-refractivity contribution in [1.29, 1.82) is 0 Å². The highest BCUT2D eigenvalue weighted by Gasteiger charge is 2.23. The number of pyridine rings is 1. The number of fused-ring (bicyclic) bond motifs is 1. The third kappa shape index (κ3) is 4.08. The van der Waals surface area contributed by atoms with Crippen molar-refractivity contribution < 1.29 is 8.42 Å². The minimum atomic E-state index is -3.50. The lowest BCUT2D eigenvalue weighted by molar-refractivity contribution is 0.429. The fourth-order valence-electron chi connectivity index (χ4n) is 2.56. The minimum Gasteiger partial charge on any atom is -0.315 e. The number of hydrogen-bond acceptors (Lipinski definition) is 4. The molecular weight excluding hydrogens is 345 g/mol. The second-order valence-corrected chi connectivity index (χ2v) is 6.70. The molecule has 0 amide bonds. The Morgan fingerprint density at radius 3 is 2.77 bits per heavy atom. The second-order valence-electron chi connectivity index (χ2n) is 5.02. The van der Waals surface area contributed by atoms with Crippen molar-refractivity contribution in [2.24, 2.45) is 0 Å². The summed E-state index contributed by atoms with van der Waals surface area (Å²) in [6.07, 6.45) is 5.16. The number of sulfonamides is 1. The molecule has 1 fully saturated rings. The molecule has 3 rings (SSSR count). The van der Waals surface area contributed by atoms with Gasteiger partial charge in [0.1, 0.15) is 0 Å². The van der Waals surface area contributed by atoms with Gasteiger partial charge in [-0.05, 0) is 31.5 Å². The first kappa shape index (κ1) is 19.1. The van der Waals surface area contributed by atoms with Gasteiger partial charge >= 0.3 is 0 Å². The van der Waals surface area contributed by atoms with Crippen molar-refractivity contribution in [3.8, 4) is 0 Å². The van der Waals surface area contributed by atoms with Crippen molar-refractivity contribution in [3.63, 3.8) is 0 Å². The van der Waals surface area contributed by atoms with Gasteiger partial charge in [-0.2, -0.15) is 0 Å². The number of rotatable bonds is 3. The third-order valence-corrected chi connectivity index (χ3v) is 5.13. The summed E-state index contributed by atoms with van der Waals surface area (Å²) in [4.78, 5) is 4.35. The third-order valence-electron chi connectivity index (χ3n) is 3.55. The van der Waals surface area contributed by atoms with E-state index in [1.807, 2.05) is 6.07 Å². The lowest BCUT2D eigenvalue weighted by Gasteiger charge is -2.23. The Morgan fingerprint density at radius 2 is 2.05 bits per heavy atom. The van der Waals surface area contributed by atoms with Crippen LogP contribution < -0.4 is 10.0 Å². The Morgan fingerprint density at radius 1 is 1.23 bits per heavy atom. The molecule has 122 valence electrons.